The highest BCUT2D eigenvalue weighted by molar-refractivity contribution is 7.89. The van der Waals surface area contributed by atoms with Gasteiger partial charge in [-0.25, -0.2) is 8.42 Å². The summed E-state index contributed by atoms with van der Waals surface area (Å²) >= 11 is 0. The van der Waals surface area contributed by atoms with Crippen LogP contribution in [0.25, 0.3) is 0 Å². The maximum Gasteiger partial charge on any atom is 0.216 e. The summed E-state index contributed by atoms with van der Waals surface area (Å²) in [5.41, 5.74) is 2.12. The monoisotopic (exact) mass is 333 g/mol. The normalized spacial score (nSPS) is 11.7. The van der Waals surface area contributed by atoms with E-state index in [1.807, 2.05) is 60.7 Å². The predicted molar refractivity (Wildman–Crippen MR) is 92.7 cm³/mol. The van der Waals surface area contributed by atoms with Gasteiger partial charge in [-0.05, 0) is 17.5 Å². The molecule has 5 heteroatoms. The summed E-state index contributed by atoms with van der Waals surface area (Å²) in [5, 5.41) is 0. The average Bonchev–Trinajstić information content (AvgIpc) is 2.58. The molecule has 0 saturated carbocycles. The Balaban J connectivity index is 2.10. The number of ether oxygens (including phenoxy) is 1. The van der Waals surface area contributed by atoms with Crippen molar-refractivity contribution in [1.82, 2.24) is 4.31 Å². The zero-order valence-electron chi connectivity index (χ0n) is 13.4. The second-order valence-corrected chi connectivity index (χ2v) is 7.45. The Hall–Kier alpha value is -1.69. The molecule has 0 spiro atoms. The molecule has 0 aliphatic heterocycles. The van der Waals surface area contributed by atoms with E-state index in [0.717, 1.165) is 11.1 Å². The highest BCUT2D eigenvalue weighted by atomic mass is 32.2. The Bertz CT molecular complexity index is 672. The lowest BCUT2D eigenvalue weighted by Gasteiger charge is -2.22. The van der Waals surface area contributed by atoms with Crippen LogP contribution in [0, 0.1) is 0 Å². The van der Waals surface area contributed by atoms with Crippen molar-refractivity contribution in [1.29, 1.82) is 0 Å². The molecular weight excluding hydrogens is 310 g/mol. The third-order valence-corrected chi connectivity index (χ3v) is 5.41. The lowest BCUT2D eigenvalue weighted by Crippen LogP contribution is -2.35. The van der Waals surface area contributed by atoms with Crippen molar-refractivity contribution in [3.63, 3.8) is 0 Å². The van der Waals surface area contributed by atoms with E-state index in [-0.39, 0.29) is 12.4 Å². The third kappa shape index (κ3) is 5.78. The minimum Gasteiger partial charge on any atom is -0.384 e. The van der Waals surface area contributed by atoms with E-state index in [4.69, 9.17) is 4.74 Å². The predicted octanol–water partition coefficient (Wildman–Crippen LogP) is 2.71. The summed E-state index contributed by atoms with van der Waals surface area (Å²) in [6.45, 7) is 1.06. The topological polar surface area (TPSA) is 46.6 Å². The highest BCUT2D eigenvalue weighted by Crippen LogP contribution is 2.12. The number of nitrogens with zero attached hydrogens (tertiary/aromatic N) is 1. The largest absolute Gasteiger partial charge is 0.384 e. The van der Waals surface area contributed by atoms with E-state index in [1.165, 1.54) is 7.11 Å². The van der Waals surface area contributed by atoms with Crippen molar-refractivity contribution in [2.75, 3.05) is 26.0 Å². The number of methoxy groups -OCH3 is 1. The van der Waals surface area contributed by atoms with Crippen LogP contribution < -0.4 is 0 Å². The SMILES string of the molecule is COCCS(=O)(=O)N(CCc1ccccc1)Cc1ccccc1. The second-order valence-electron chi connectivity index (χ2n) is 5.36. The van der Waals surface area contributed by atoms with Crippen molar-refractivity contribution < 1.29 is 13.2 Å². The van der Waals surface area contributed by atoms with Crippen LogP contribution in [-0.4, -0.2) is 38.7 Å². The lowest BCUT2D eigenvalue weighted by atomic mass is 10.1. The van der Waals surface area contributed by atoms with E-state index in [2.05, 4.69) is 0 Å². The van der Waals surface area contributed by atoms with Crippen LogP contribution in [0.5, 0.6) is 0 Å². The van der Waals surface area contributed by atoms with Gasteiger partial charge in [0.05, 0.1) is 12.4 Å². The molecule has 0 bridgehead atoms. The van der Waals surface area contributed by atoms with Gasteiger partial charge in [-0.1, -0.05) is 60.7 Å². The number of rotatable bonds is 9. The molecule has 2 rings (SSSR count). The molecular formula is C18H23NO3S. The molecule has 0 aliphatic rings. The smallest absolute Gasteiger partial charge is 0.216 e. The number of benzene rings is 2. The fourth-order valence-electron chi connectivity index (χ4n) is 2.32. The van der Waals surface area contributed by atoms with Crippen molar-refractivity contribution in [2.24, 2.45) is 0 Å². The first-order chi connectivity index (χ1) is 11.1. The first kappa shape index (κ1) is 17.7. The zero-order valence-corrected chi connectivity index (χ0v) is 14.2. The van der Waals surface area contributed by atoms with Gasteiger partial charge in [0.1, 0.15) is 0 Å². The molecule has 2 aromatic carbocycles. The maximum atomic E-state index is 12.6. The Morgan fingerprint density at radius 1 is 0.913 bits per heavy atom. The van der Waals surface area contributed by atoms with Crippen LogP contribution >= 0.6 is 0 Å². The summed E-state index contributed by atoms with van der Waals surface area (Å²) < 4.78 is 31.6. The molecule has 124 valence electrons. The molecule has 4 nitrogen and oxygen atoms in total. The van der Waals surface area contributed by atoms with Crippen LogP contribution in [0.2, 0.25) is 0 Å². The maximum absolute atomic E-state index is 12.6. The van der Waals surface area contributed by atoms with Gasteiger partial charge in [0.15, 0.2) is 0 Å². The minimum absolute atomic E-state index is 0.00508. The highest BCUT2D eigenvalue weighted by Gasteiger charge is 2.21. The van der Waals surface area contributed by atoms with E-state index in [1.54, 1.807) is 4.31 Å². The van der Waals surface area contributed by atoms with Gasteiger partial charge in [-0.2, -0.15) is 4.31 Å². The van der Waals surface area contributed by atoms with Crippen molar-refractivity contribution >= 4 is 10.0 Å². The van der Waals surface area contributed by atoms with Crippen molar-refractivity contribution in [3.05, 3.63) is 71.8 Å². The molecule has 0 heterocycles. The van der Waals surface area contributed by atoms with Crippen LogP contribution in [-0.2, 0) is 27.7 Å². The second kappa shape index (κ2) is 8.82. The first-order valence-electron chi connectivity index (χ1n) is 7.66. The van der Waals surface area contributed by atoms with Gasteiger partial charge in [0, 0.05) is 20.2 Å². The van der Waals surface area contributed by atoms with E-state index >= 15 is 0 Å². The van der Waals surface area contributed by atoms with Gasteiger partial charge < -0.3 is 4.74 Å². The van der Waals surface area contributed by atoms with E-state index < -0.39 is 10.0 Å². The molecule has 0 atom stereocenters. The molecule has 0 fully saturated rings. The Morgan fingerprint density at radius 2 is 1.48 bits per heavy atom. The summed E-state index contributed by atoms with van der Waals surface area (Å²) in [4.78, 5) is 0. The van der Waals surface area contributed by atoms with Crippen LogP contribution in [0.1, 0.15) is 11.1 Å². The Labute approximate surface area is 138 Å². The molecule has 0 N–H and O–H groups in total. The summed E-state index contributed by atoms with van der Waals surface area (Å²) in [6, 6.07) is 19.6. The Morgan fingerprint density at radius 3 is 2.04 bits per heavy atom. The first-order valence-corrected chi connectivity index (χ1v) is 9.27. The fraction of sp³-hybridized carbons (Fsp3) is 0.333. The molecule has 0 aliphatic carbocycles. The lowest BCUT2D eigenvalue weighted by molar-refractivity contribution is 0.215. The molecule has 0 amide bonds. The fourth-order valence-corrected chi connectivity index (χ4v) is 3.67. The van der Waals surface area contributed by atoms with Gasteiger partial charge in [0.25, 0.3) is 0 Å². The molecule has 0 aromatic heterocycles. The molecule has 0 radical (unpaired) electrons. The van der Waals surface area contributed by atoms with Gasteiger partial charge in [-0.15, -0.1) is 0 Å². The van der Waals surface area contributed by atoms with Gasteiger partial charge >= 0.3 is 0 Å². The minimum atomic E-state index is -3.34. The standard InChI is InChI=1S/C18H23NO3S/c1-22-14-15-23(20,21)19(16-18-10-6-3-7-11-18)13-12-17-8-4-2-5-9-17/h2-11H,12-16H2,1H3. The van der Waals surface area contributed by atoms with Crippen LogP contribution in [0.4, 0.5) is 0 Å². The number of hydrogen-bond acceptors (Lipinski definition) is 3. The number of sulfonamides is 1. The van der Waals surface area contributed by atoms with E-state index in [0.29, 0.717) is 19.5 Å². The quantitative estimate of drug-likeness (QED) is 0.709. The summed E-state index contributed by atoms with van der Waals surface area (Å²) in [7, 11) is -1.83. The van der Waals surface area contributed by atoms with Crippen LogP contribution in [0.15, 0.2) is 60.7 Å². The molecule has 2 aromatic rings. The Kier molecular flexibility index (Phi) is 6.77. The van der Waals surface area contributed by atoms with Crippen molar-refractivity contribution in [3.8, 4) is 0 Å². The molecule has 0 saturated heterocycles. The van der Waals surface area contributed by atoms with Gasteiger partial charge in [-0.3, -0.25) is 0 Å². The van der Waals surface area contributed by atoms with Crippen molar-refractivity contribution in [2.45, 2.75) is 13.0 Å². The zero-order chi connectivity index (χ0) is 16.5. The summed E-state index contributed by atoms with van der Waals surface area (Å²) in [5.74, 6) is 0.00508. The van der Waals surface area contributed by atoms with Crippen LogP contribution in [0.3, 0.4) is 0 Å². The molecule has 23 heavy (non-hydrogen) atoms. The molecule has 0 unspecified atom stereocenters. The third-order valence-electron chi connectivity index (χ3n) is 3.63. The average molecular weight is 333 g/mol. The van der Waals surface area contributed by atoms with E-state index in [9.17, 15) is 8.42 Å². The van der Waals surface area contributed by atoms with Gasteiger partial charge in [0.2, 0.25) is 10.0 Å². The number of hydrogen-bond donors (Lipinski definition) is 0. The summed E-state index contributed by atoms with van der Waals surface area (Å²) in [6.07, 6.45) is 0.694.